The summed E-state index contributed by atoms with van der Waals surface area (Å²) in [6, 6.07) is 0. The third-order valence-electron chi connectivity index (χ3n) is 1.99. The first-order chi connectivity index (χ1) is 6.50. The Hall–Kier alpha value is -1.04. The van der Waals surface area contributed by atoms with Crippen molar-refractivity contribution in [3.8, 4) is 0 Å². The van der Waals surface area contributed by atoms with Crippen molar-refractivity contribution in [1.82, 2.24) is 0 Å². The van der Waals surface area contributed by atoms with Gasteiger partial charge < -0.3 is 0 Å². The van der Waals surface area contributed by atoms with E-state index in [0.29, 0.717) is 0 Å². The number of hydrogen-bond acceptors (Lipinski definition) is 0. The van der Waals surface area contributed by atoms with Gasteiger partial charge in [0.2, 0.25) is 0 Å². The molecular weight excluding hydrogens is 156 g/mol. The average Bonchev–Trinajstić information content (AvgIpc) is 2.18. The molecule has 0 atom stereocenters. The summed E-state index contributed by atoms with van der Waals surface area (Å²) >= 11 is 0. The van der Waals surface area contributed by atoms with Crippen LogP contribution in [-0.2, 0) is 0 Å². The fraction of sp³-hybridized carbons (Fsp3) is 0.385. The molecule has 0 aliphatic heterocycles. The molecule has 1 radical (unpaired) electrons. The Balaban J connectivity index is 2.39. The number of hydrogen-bond donors (Lipinski definition) is 0. The van der Waals surface area contributed by atoms with Gasteiger partial charge in [0.25, 0.3) is 0 Å². The fourth-order valence-corrected chi connectivity index (χ4v) is 1.24. The average molecular weight is 173 g/mol. The molecule has 0 nitrogen and oxygen atoms in total. The van der Waals surface area contributed by atoms with Gasteiger partial charge in [0.1, 0.15) is 0 Å². The lowest BCUT2D eigenvalue weighted by atomic mass is 10.1. The van der Waals surface area contributed by atoms with Gasteiger partial charge in [-0.2, -0.15) is 0 Å². The summed E-state index contributed by atoms with van der Waals surface area (Å²) in [5.74, 6) is 0. The van der Waals surface area contributed by atoms with Gasteiger partial charge in [0, 0.05) is 0 Å². The maximum atomic E-state index is 3.26. The number of allylic oxidation sites excluding steroid dienone is 8. The van der Waals surface area contributed by atoms with Crippen molar-refractivity contribution in [1.29, 1.82) is 0 Å². The normalized spacial score (nSPS) is 19.1. The van der Waals surface area contributed by atoms with Gasteiger partial charge in [-0.3, -0.25) is 0 Å². The summed E-state index contributed by atoms with van der Waals surface area (Å²) in [4.78, 5) is 0. The van der Waals surface area contributed by atoms with Crippen LogP contribution in [0, 0.1) is 6.08 Å². The third-order valence-corrected chi connectivity index (χ3v) is 1.99. The fourth-order valence-electron chi connectivity index (χ4n) is 1.24. The first kappa shape index (κ1) is 10.0. The van der Waals surface area contributed by atoms with Crippen LogP contribution in [0.15, 0.2) is 42.5 Å². The Morgan fingerprint density at radius 3 is 2.62 bits per heavy atom. The Kier molecular flexibility index (Phi) is 5.87. The van der Waals surface area contributed by atoms with Crippen LogP contribution >= 0.6 is 0 Å². The second-order valence-corrected chi connectivity index (χ2v) is 3.17. The summed E-state index contributed by atoms with van der Waals surface area (Å²) in [7, 11) is 0. The highest BCUT2D eigenvalue weighted by Gasteiger charge is 1.85. The van der Waals surface area contributed by atoms with Crippen LogP contribution < -0.4 is 0 Å². The molecule has 1 aliphatic rings. The van der Waals surface area contributed by atoms with E-state index in [0.717, 1.165) is 6.42 Å². The van der Waals surface area contributed by atoms with Gasteiger partial charge in [-0.1, -0.05) is 49.0 Å². The molecule has 0 amide bonds. The summed E-state index contributed by atoms with van der Waals surface area (Å²) in [5, 5.41) is 0. The summed E-state index contributed by atoms with van der Waals surface area (Å²) < 4.78 is 0. The Bertz CT molecular complexity index is 192. The van der Waals surface area contributed by atoms with Crippen molar-refractivity contribution in [2.45, 2.75) is 32.1 Å². The maximum absolute atomic E-state index is 3.26. The maximum Gasteiger partial charge on any atom is -0.0276 e. The van der Waals surface area contributed by atoms with Gasteiger partial charge in [-0.25, -0.2) is 0 Å². The van der Waals surface area contributed by atoms with Crippen molar-refractivity contribution >= 4 is 0 Å². The first-order valence-corrected chi connectivity index (χ1v) is 5.05. The first-order valence-electron chi connectivity index (χ1n) is 5.05. The highest BCUT2D eigenvalue weighted by molar-refractivity contribution is 5.14. The highest BCUT2D eigenvalue weighted by Crippen LogP contribution is 2.04. The predicted molar refractivity (Wildman–Crippen MR) is 58.3 cm³/mol. The molecule has 0 aromatic heterocycles. The molecule has 1 rings (SSSR count). The number of rotatable bonds is 0. The highest BCUT2D eigenvalue weighted by atomic mass is 13.9. The van der Waals surface area contributed by atoms with E-state index < -0.39 is 0 Å². The lowest BCUT2D eigenvalue weighted by Crippen LogP contribution is -1.74. The molecule has 0 saturated carbocycles. The predicted octanol–water partition coefficient (Wildman–Crippen LogP) is 3.98. The van der Waals surface area contributed by atoms with Crippen LogP contribution in [0.1, 0.15) is 32.1 Å². The van der Waals surface area contributed by atoms with Crippen LogP contribution in [0.25, 0.3) is 0 Å². The second kappa shape index (κ2) is 7.60. The minimum atomic E-state index is 1.10. The molecule has 13 heavy (non-hydrogen) atoms. The van der Waals surface area contributed by atoms with E-state index in [4.69, 9.17) is 0 Å². The van der Waals surface area contributed by atoms with Crippen molar-refractivity contribution in [3.63, 3.8) is 0 Å². The second-order valence-electron chi connectivity index (χ2n) is 3.17. The molecule has 0 unspecified atom stereocenters. The monoisotopic (exact) mass is 173 g/mol. The van der Waals surface area contributed by atoms with Crippen LogP contribution in [0.3, 0.4) is 0 Å². The van der Waals surface area contributed by atoms with Crippen molar-refractivity contribution in [3.05, 3.63) is 48.6 Å². The van der Waals surface area contributed by atoms with E-state index >= 15 is 0 Å². The molecule has 0 fully saturated rings. The molecular formula is C13H17. The van der Waals surface area contributed by atoms with E-state index in [1.807, 2.05) is 24.3 Å². The topological polar surface area (TPSA) is 0 Å². The van der Waals surface area contributed by atoms with Gasteiger partial charge in [0.05, 0.1) is 0 Å². The molecule has 0 N–H and O–H groups in total. The Morgan fingerprint density at radius 2 is 1.62 bits per heavy atom. The lowest BCUT2D eigenvalue weighted by molar-refractivity contribution is 0.691. The standard InChI is InChI=1S/C13H17/c1-2-4-6-8-10-12-13-11-9-7-5-3-1/h1-7H,8,10-13H2. The molecule has 1 aliphatic carbocycles. The molecule has 0 spiro atoms. The minimum absolute atomic E-state index is 1.10. The van der Waals surface area contributed by atoms with E-state index in [2.05, 4.69) is 24.3 Å². The van der Waals surface area contributed by atoms with Gasteiger partial charge >= 0.3 is 0 Å². The zero-order valence-corrected chi connectivity index (χ0v) is 8.08. The summed E-state index contributed by atoms with van der Waals surface area (Å²) in [5.41, 5.74) is 0. The summed E-state index contributed by atoms with van der Waals surface area (Å²) in [6.07, 6.45) is 24.0. The van der Waals surface area contributed by atoms with Crippen molar-refractivity contribution in [2.24, 2.45) is 0 Å². The summed E-state index contributed by atoms with van der Waals surface area (Å²) in [6.45, 7) is 0. The van der Waals surface area contributed by atoms with Gasteiger partial charge in [-0.05, 0) is 31.8 Å². The van der Waals surface area contributed by atoms with Gasteiger partial charge in [-0.15, -0.1) is 0 Å². The SMILES string of the molecule is [C]1=CC=CC=CC=CCCCCC1. The molecule has 0 heterocycles. The van der Waals surface area contributed by atoms with Crippen LogP contribution in [0.4, 0.5) is 0 Å². The van der Waals surface area contributed by atoms with Crippen LogP contribution in [0.2, 0.25) is 0 Å². The molecule has 0 saturated heterocycles. The Labute approximate surface area is 81.4 Å². The molecule has 0 aromatic rings. The molecule has 0 bridgehead atoms. The zero-order chi connectivity index (χ0) is 9.19. The third kappa shape index (κ3) is 6.15. The molecule has 69 valence electrons. The zero-order valence-electron chi connectivity index (χ0n) is 8.08. The van der Waals surface area contributed by atoms with E-state index in [-0.39, 0.29) is 0 Å². The van der Waals surface area contributed by atoms with Crippen molar-refractivity contribution < 1.29 is 0 Å². The van der Waals surface area contributed by atoms with E-state index in [1.165, 1.54) is 25.7 Å². The minimum Gasteiger partial charge on any atom is -0.0845 e. The Morgan fingerprint density at radius 1 is 0.769 bits per heavy atom. The quantitative estimate of drug-likeness (QED) is 0.520. The largest absolute Gasteiger partial charge is 0.0845 e. The molecule has 0 aromatic carbocycles. The van der Waals surface area contributed by atoms with Crippen LogP contribution in [0.5, 0.6) is 0 Å². The smallest absolute Gasteiger partial charge is 0.0276 e. The van der Waals surface area contributed by atoms with E-state index in [1.54, 1.807) is 0 Å². The van der Waals surface area contributed by atoms with E-state index in [9.17, 15) is 0 Å². The molecule has 0 heteroatoms. The van der Waals surface area contributed by atoms with Crippen LogP contribution in [-0.4, -0.2) is 0 Å². The lowest BCUT2D eigenvalue weighted by Gasteiger charge is -1.93. The van der Waals surface area contributed by atoms with Crippen molar-refractivity contribution in [2.75, 3.05) is 0 Å². The van der Waals surface area contributed by atoms with Gasteiger partial charge in [0.15, 0.2) is 0 Å².